The summed E-state index contributed by atoms with van der Waals surface area (Å²) in [5, 5.41) is 12.3. The molecular weight excluding hydrogens is 242 g/mol. The van der Waals surface area contributed by atoms with Gasteiger partial charge in [-0.3, -0.25) is 0 Å². The first-order valence-electron chi connectivity index (χ1n) is 7.26. The van der Waals surface area contributed by atoms with Crippen molar-refractivity contribution >= 4 is 5.97 Å². The van der Waals surface area contributed by atoms with Gasteiger partial charge >= 0.3 is 5.97 Å². The fraction of sp³-hybridized carbons (Fsp3) is 0.667. The maximum atomic E-state index is 10.7. The van der Waals surface area contributed by atoms with Crippen LogP contribution in [0.5, 0.6) is 0 Å². The summed E-state index contributed by atoms with van der Waals surface area (Å²) in [5.74, 6) is 0.465. The third-order valence-corrected chi connectivity index (χ3v) is 4.07. The van der Waals surface area contributed by atoms with E-state index in [9.17, 15) is 4.79 Å². The molecule has 0 saturated heterocycles. The molecule has 1 aliphatic rings. The van der Waals surface area contributed by atoms with E-state index >= 15 is 0 Å². The van der Waals surface area contributed by atoms with Crippen LogP contribution < -0.4 is 5.32 Å². The Bertz CT molecular complexity index is 407. The predicted octanol–water partition coefficient (Wildman–Crippen LogP) is 3.43. The van der Waals surface area contributed by atoms with E-state index < -0.39 is 5.97 Å². The molecule has 1 unspecified atom stereocenters. The van der Waals surface area contributed by atoms with Gasteiger partial charge in [0.2, 0.25) is 5.76 Å². The zero-order chi connectivity index (χ0) is 13.7. The fourth-order valence-corrected chi connectivity index (χ4v) is 3.00. The molecule has 2 rings (SSSR count). The molecule has 4 heteroatoms. The van der Waals surface area contributed by atoms with Crippen LogP contribution in [0.4, 0.5) is 0 Å². The molecule has 1 heterocycles. The number of carbonyl (C=O) groups is 1. The molecule has 1 fully saturated rings. The predicted molar refractivity (Wildman–Crippen MR) is 73.2 cm³/mol. The van der Waals surface area contributed by atoms with E-state index in [1.165, 1.54) is 38.2 Å². The Balaban J connectivity index is 1.86. The van der Waals surface area contributed by atoms with Crippen molar-refractivity contribution < 1.29 is 14.3 Å². The standard InChI is InChI=1S/C15H23NO3/c1-2-13(11-6-4-3-5-7-11)16-10-12-8-9-14(19-12)15(17)18/h8-9,11,13,16H,2-7,10H2,1H3,(H,17,18). The number of furan rings is 1. The van der Waals surface area contributed by atoms with E-state index in [-0.39, 0.29) is 5.76 Å². The van der Waals surface area contributed by atoms with Gasteiger partial charge in [0, 0.05) is 6.04 Å². The van der Waals surface area contributed by atoms with Crippen molar-refractivity contribution in [3.8, 4) is 0 Å². The quantitative estimate of drug-likeness (QED) is 0.827. The van der Waals surface area contributed by atoms with E-state index in [0.717, 1.165) is 12.3 Å². The van der Waals surface area contributed by atoms with Crippen LogP contribution in [0.3, 0.4) is 0 Å². The van der Waals surface area contributed by atoms with Gasteiger partial charge in [0.15, 0.2) is 0 Å². The van der Waals surface area contributed by atoms with Gasteiger partial charge in [0.25, 0.3) is 0 Å². The van der Waals surface area contributed by atoms with Crippen LogP contribution in [0.25, 0.3) is 0 Å². The highest BCUT2D eigenvalue weighted by Gasteiger charge is 2.22. The maximum absolute atomic E-state index is 10.7. The molecule has 19 heavy (non-hydrogen) atoms. The Morgan fingerprint density at radius 2 is 2.16 bits per heavy atom. The number of carboxylic acid groups (broad SMARTS) is 1. The zero-order valence-electron chi connectivity index (χ0n) is 11.5. The molecule has 1 aromatic heterocycles. The molecule has 0 aromatic carbocycles. The third-order valence-electron chi connectivity index (χ3n) is 4.07. The third kappa shape index (κ3) is 3.83. The first-order valence-corrected chi connectivity index (χ1v) is 7.26. The number of hydrogen-bond donors (Lipinski definition) is 2. The topological polar surface area (TPSA) is 62.5 Å². The highest BCUT2D eigenvalue weighted by Crippen LogP contribution is 2.27. The van der Waals surface area contributed by atoms with Crippen LogP contribution >= 0.6 is 0 Å². The van der Waals surface area contributed by atoms with E-state index in [0.29, 0.717) is 18.3 Å². The molecule has 1 aromatic rings. The van der Waals surface area contributed by atoms with Crippen molar-refractivity contribution in [3.63, 3.8) is 0 Å². The molecule has 106 valence electrons. The van der Waals surface area contributed by atoms with Crippen LogP contribution in [0.15, 0.2) is 16.5 Å². The van der Waals surface area contributed by atoms with Crippen LogP contribution in [0.1, 0.15) is 61.8 Å². The highest BCUT2D eigenvalue weighted by atomic mass is 16.4. The Hall–Kier alpha value is -1.29. The number of hydrogen-bond acceptors (Lipinski definition) is 3. The number of carboxylic acids is 1. The normalized spacial score (nSPS) is 18.4. The van der Waals surface area contributed by atoms with Crippen molar-refractivity contribution in [2.75, 3.05) is 0 Å². The second-order valence-corrected chi connectivity index (χ2v) is 5.36. The minimum atomic E-state index is -1.01. The number of aromatic carboxylic acids is 1. The van der Waals surface area contributed by atoms with Crippen LogP contribution in [0, 0.1) is 5.92 Å². The second kappa shape index (κ2) is 6.75. The summed E-state index contributed by atoms with van der Waals surface area (Å²) < 4.78 is 5.27. The first-order chi connectivity index (χ1) is 9.20. The summed E-state index contributed by atoms with van der Waals surface area (Å²) in [5.41, 5.74) is 0. The minimum Gasteiger partial charge on any atom is -0.475 e. The highest BCUT2D eigenvalue weighted by molar-refractivity contribution is 5.84. The lowest BCUT2D eigenvalue weighted by Crippen LogP contribution is -2.36. The van der Waals surface area contributed by atoms with Crippen molar-refractivity contribution in [3.05, 3.63) is 23.7 Å². The van der Waals surface area contributed by atoms with E-state index in [4.69, 9.17) is 9.52 Å². The summed E-state index contributed by atoms with van der Waals surface area (Å²) in [4.78, 5) is 10.7. The summed E-state index contributed by atoms with van der Waals surface area (Å²) in [6.07, 6.45) is 7.78. The van der Waals surface area contributed by atoms with Gasteiger partial charge in [-0.25, -0.2) is 4.79 Å². The Kier molecular flexibility index (Phi) is 5.02. The molecule has 2 N–H and O–H groups in total. The lowest BCUT2D eigenvalue weighted by molar-refractivity contribution is 0.0660. The molecule has 0 amide bonds. The average molecular weight is 265 g/mol. The fourth-order valence-electron chi connectivity index (χ4n) is 3.00. The Morgan fingerprint density at radius 3 is 2.74 bits per heavy atom. The van der Waals surface area contributed by atoms with Crippen molar-refractivity contribution in [2.45, 2.75) is 58.0 Å². The van der Waals surface area contributed by atoms with Crippen molar-refractivity contribution in [1.82, 2.24) is 5.32 Å². The molecule has 1 saturated carbocycles. The summed E-state index contributed by atoms with van der Waals surface area (Å²) >= 11 is 0. The molecule has 0 radical (unpaired) electrons. The molecule has 1 aliphatic carbocycles. The van der Waals surface area contributed by atoms with Gasteiger partial charge in [-0.05, 0) is 37.3 Å². The van der Waals surface area contributed by atoms with Gasteiger partial charge in [-0.1, -0.05) is 26.2 Å². The van der Waals surface area contributed by atoms with Gasteiger partial charge in [-0.2, -0.15) is 0 Å². The van der Waals surface area contributed by atoms with Crippen LogP contribution in [-0.2, 0) is 6.54 Å². The monoisotopic (exact) mass is 265 g/mol. The van der Waals surface area contributed by atoms with E-state index in [1.54, 1.807) is 6.07 Å². The van der Waals surface area contributed by atoms with Gasteiger partial charge in [0.05, 0.1) is 6.54 Å². The largest absolute Gasteiger partial charge is 0.475 e. The van der Waals surface area contributed by atoms with Crippen LogP contribution in [-0.4, -0.2) is 17.1 Å². The summed E-state index contributed by atoms with van der Waals surface area (Å²) in [6, 6.07) is 3.77. The lowest BCUT2D eigenvalue weighted by atomic mass is 9.83. The van der Waals surface area contributed by atoms with Gasteiger partial charge < -0.3 is 14.8 Å². The Morgan fingerprint density at radius 1 is 1.42 bits per heavy atom. The summed E-state index contributed by atoms with van der Waals surface area (Å²) in [7, 11) is 0. The molecule has 0 spiro atoms. The second-order valence-electron chi connectivity index (χ2n) is 5.36. The van der Waals surface area contributed by atoms with Gasteiger partial charge in [0.1, 0.15) is 5.76 Å². The SMILES string of the molecule is CCC(NCc1ccc(C(=O)O)o1)C1CCCCC1. The Labute approximate surface area is 114 Å². The summed E-state index contributed by atoms with van der Waals surface area (Å²) in [6.45, 7) is 2.82. The first kappa shape index (κ1) is 14.1. The zero-order valence-corrected chi connectivity index (χ0v) is 11.5. The maximum Gasteiger partial charge on any atom is 0.371 e. The van der Waals surface area contributed by atoms with Crippen molar-refractivity contribution in [2.24, 2.45) is 5.92 Å². The molecule has 0 aliphatic heterocycles. The molecule has 4 nitrogen and oxygen atoms in total. The van der Waals surface area contributed by atoms with E-state index in [1.807, 2.05) is 0 Å². The van der Waals surface area contributed by atoms with E-state index in [2.05, 4.69) is 12.2 Å². The van der Waals surface area contributed by atoms with Crippen molar-refractivity contribution in [1.29, 1.82) is 0 Å². The van der Waals surface area contributed by atoms with Gasteiger partial charge in [-0.15, -0.1) is 0 Å². The number of rotatable bonds is 6. The molecular formula is C15H23NO3. The average Bonchev–Trinajstić information content (AvgIpc) is 2.90. The lowest BCUT2D eigenvalue weighted by Gasteiger charge is -2.30. The molecule has 0 bridgehead atoms. The molecule has 1 atom stereocenters. The minimum absolute atomic E-state index is 0.0162. The smallest absolute Gasteiger partial charge is 0.371 e. The van der Waals surface area contributed by atoms with Crippen LogP contribution in [0.2, 0.25) is 0 Å². The number of nitrogens with one attached hydrogen (secondary N) is 1.